The third-order valence-corrected chi connectivity index (χ3v) is 5.10. The van der Waals surface area contributed by atoms with Gasteiger partial charge in [0.25, 0.3) is 5.91 Å². The van der Waals surface area contributed by atoms with Gasteiger partial charge in [-0.25, -0.2) is 0 Å². The fourth-order valence-corrected chi connectivity index (χ4v) is 3.43. The number of primary amides is 1. The minimum absolute atomic E-state index is 0.426. The number of hydrogen-bond donors (Lipinski definition) is 5. The number of halogens is 1. The number of allylic oxidation sites excluding steroid dienone is 10. The first kappa shape index (κ1) is 27.2. The third kappa shape index (κ3) is 6.75. The molecule has 0 saturated carbocycles. The average Bonchev–Trinajstić information content (AvgIpc) is 2.99. The van der Waals surface area contributed by atoms with Crippen LogP contribution < -0.4 is 5.73 Å². The van der Waals surface area contributed by atoms with Gasteiger partial charge in [0.1, 0.15) is 35.7 Å². The largest absolute Gasteiger partial charge is 0.507 e. The van der Waals surface area contributed by atoms with Crippen molar-refractivity contribution in [3.8, 4) is 0 Å². The smallest absolute Gasteiger partial charge is 0.264 e. The number of amides is 2. The Morgan fingerprint density at radius 2 is 1.68 bits per heavy atom. The lowest BCUT2D eigenvalue weighted by molar-refractivity contribution is -0.229. The molecule has 184 valence electrons. The third-order valence-electron chi connectivity index (χ3n) is 4.98. The Morgan fingerprint density at radius 1 is 1.09 bits per heavy atom. The van der Waals surface area contributed by atoms with Gasteiger partial charge in [0, 0.05) is 5.03 Å². The molecule has 10 nitrogen and oxygen atoms in total. The monoisotopic (exact) mass is 494 g/mol. The summed E-state index contributed by atoms with van der Waals surface area (Å²) in [4.78, 5) is 38.1. The molecule has 2 rings (SSSR count). The fourth-order valence-electron chi connectivity index (χ4n) is 3.35. The Kier molecular flexibility index (Phi) is 9.97. The highest BCUT2D eigenvalue weighted by Gasteiger charge is 2.53. The summed E-state index contributed by atoms with van der Waals surface area (Å²) >= 11 is 5.69. The van der Waals surface area contributed by atoms with Crippen LogP contribution in [0, 0.1) is 0 Å². The van der Waals surface area contributed by atoms with E-state index in [0.29, 0.717) is 5.03 Å². The van der Waals surface area contributed by atoms with Crippen LogP contribution in [-0.4, -0.2) is 80.1 Å². The van der Waals surface area contributed by atoms with Crippen molar-refractivity contribution in [1.29, 1.82) is 0 Å². The summed E-state index contributed by atoms with van der Waals surface area (Å²) in [5, 5.41) is 40.9. The Hall–Kier alpha value is -3.02. The van der Waals surface area contributed by atoms with Crippen molar-refractivity contribution < 1.29 is 39.5 Å². The van der Waals surface area contributed by atoms with Crippen molar-refractivity contribution in [3.05, 3.63) is 71.0 Å². The van der Waals surface area contributed by atoms with E-state index in [1.54, 1.807) is 43.4 Å². The number of aliphatic hydroxyl groups excluding tert-OH is 4. The minimum atomic E-state index is -1.76. The number of rotatable bonds is 8. The van der Waals surface area contributed by atoms with Crippen molar-refractivity contribution in [2.24, 2.45) is 5.73 Å². The molecule has 2 aliphatic rings. The van der Waals surface area contributed by atoms with Gasteiger partial charge < -0.3 is 30.9 Å². The summed E-state index contributed by atoms with van der Waals surface area (Å²) in [6.45, 7) is 1.32. The highest BCUT2D eigenvalue weighted by atomic mass is 35.5. The molecule has 0 unspecified atom stereocenters. The highest BCUT2D eigenvalue weighted by molar-refractivity contribution is 6.29. The van der Waals surface area contributed by atoms with Crippen LogP contribution >= 0.6 is 11.6 Å². The molecule has 0 spiro atoms. The first-order valence-electron chi connectivity index (χ1n) is 10.3. The van der Waals surface area contributed by atoms with E-state index >= 15 is 0 Å². The standard InChI is InChI=1S/C23H27ClN2O8/c1-13(24)9-7-5-3-2-4-6-8-10-15(27)18-19(30)14(11-17(25)29)26(22(18)33)23-21(32)20(31)16(28)12-34-23/h2-10,14,16,20-21,23,27-28,31-32H,11-12H2,1H3,(H2,25,29)/b3-2+,6-4+,7-5+,10-8+,13-9-,18-15-/t14-,16+,20-,21+,23+/m0/s1. The van der Waals surface area contributed by atoms with Crippen molar-refractivity contribution in [2.75, 3.05) is 6.61 Å². The van der Waals surface area contributed by atoms with E-state index in [1.807, 2.05) is 0 Å². The average molecular weight is 495 g/mol. The van der Waals surface area contributed by atoms with Gasteiger partial charge in [0.2, 0.25) is 5.91 Å². The molecule has 11 heteroatoms. The summed E-state index contributed by atoms with van der Waals surface area (Å²) in [5.74, 6) is -3.46. The van der Waals surface area contributed by atoms with E-state index in [1.165, 1.54) is 12.2 Å². The lowest BCUT2D eigenvalue weighted by Gasteiger charge is -2.41. The zero-order valence-corrected chi connectivity index (χ0v) is 19.1. The van der Waals surface area contributed by atoms with Crippen LogP contribution in [0.3, 0.4) is 0 Å². The maximum Gasteiger partial charge on any atom is 0.264 e. The molecule has 34 heavy (non-hydrogen) atoms. The van der Waals surface area contributed by atoms with E-state index in [9.17, 15) is 34.8 Å². The zero-order valence-electron chi connectivity index (χ0n) is 18.3. The van der Waals surface area contributed by atoms with Crippen LogP contribution in [0.5, 0.6) is 0 Å². The number of ether oxygens (including phenoxy) is 1. The molecule has 2 saturated heterocycles. The van der Waals surface area contributed by atoms with Gasteiger partial charge in [-0.1, -0.05) is 54.1 Å². The second-order valence-corrected chi connectivity index (χ2v) is 8.16. The number of nitrogens with two attached hydrogens (primary N) is 1. The van der Waals surface area contributed by atoms with Gasteiger partial charge >= 0.3 is 0 Å². The number of nitrogens with zero attached hydrogens (tertiary/aromatic N) is 1. The first-order chi connectivity index (χ1) is 16.1. The number of carbonyl (C=O) groups excluding carboxylic acids is 3. The molecule has 0 aromatic heterocycles. The number of hydrogen-bond acceptors (Lipinski definition) is 8. The Balaban J connectivity index is 2.23. The van der Waals surface area contributed by atoms with E-state index in [2.05, 4.69) is 0 Å². The zero-order chi connectivity index (χ0) is 25.4. The number of aliphatic hydroxyl groups is 4. The molecular weight excluding hydrogens is 468 g/mol. The second-order valence-electron chi connectivity index (χ2n) is 7.56. The first-order valence-corrected chi connectivity index (χ1v) is 10.7. The minimum Gasteiger partial charge on any atom is -0.507 e. The highest BCUT2D eigenvalue weighted by Crippen LogP contribution is 2.31. The second kappa shape index (κ2) is 12.4. The van der Waals surface area contributed by atoms with Crippen molar-refractivity contribution in [3.63, 3.8) is 0 Å². The quantitative estimate of drug-likeness (QED) is 0.138. The van der Waals surface area contributed by atoms with Crippen LogP contribution in [-0.2, 0) is 19.1 Å². The number of carbonyl (C=O) groups is 3. The molecule has 0 aromatic carbocycles. The summed E-state index contributed by atoms with van der Waals surface area (Å²) in [6, 6.07) is -1.45. The predicted octanol–water partition coefficient (Wildman–Crippen LogP) is 0.260. The van der Waals surface area contributed by atoms with Crippen LogP contribution in [0.1, 0.15) is 13.3 Å². The van der Waals surface area contributed by atoms with Crippen LogP contribution in [0.2, 0.25) is 0 Å². The maximum atomic E-state index is 13.0. The molecular formula is C23H27ClN2O8. The molecule has 0 radical (unpaired) electrons. The molecule has 2 fully saturated rings. The van der Waals surface area contributed by atoms with Crippen LogP contribution in [0.15, 0.2) is 71.0 Å². The summed E-state index contributed by atoms with van der Waals surface area (Å²) in [5.41, 5.74) is 4.59. The number of Topliss-reactive ketones (excluding diaryl/α,β-unsaturated/α-hetero) is 1. The molecule has 0 aromatic rings. The van der Waals surface area contributed by atoms with E-state index in [0.717, 1.165) is 11.0 Å². The van der Waals surface area contributed by atoms with Gasteiger partial charge in [-0.05, 0) is 19.1 Å². The van der Waals surface area contributed by atoms with Crippen LogP contribution in [0.25, 0.3) is 0 Å². The molecule has 0 bridgehead atoms. The Bertz CT molecular complexity index is 977. The summed E-state index contributed by atoms with van der Waals surface area (Å²) in [6.07, 6.45) is 7.37. The van der Waals surface area contributed by atoms with E-state index < -0.39 is 72.5 Å². The van der Waals surface area contributed by atoms with Gasteiger partial charge in [-0.2, -0.15) is 0 Å². The topological polar surface area (TPSA) is 171 Å². The van der Waals surface area contributed by atoms with Gasteiger partial charge in [0.05, 0.1) is 13.0 Å². The van der Waals surface area contributed by atoms with Crippen molar-refractivity contribution in [2.45, 2.75) is 43.9 Å². The van der Waals surface area contributed by atoms with Crippen LogP contribution in [0.4, 0.5) is 0 Å². The number of ketones is 1. The molecule has 2 aliphatic heterocycles. The molecule has 6 N–H and O–H groups in total. The lowest BCUT2D eigenvalue weighted by Crippen LogP contribution is -2.61. The molecule has 2 heterocycles. The van der Waals surface area contributed by atoms with Gasteiger partial charge in [-0.3, -0.25) is 19.3 Å². The maximum absolute atomic E-state index is 13.0. The fraction of sp³-hybridized carbons (Fsp3) is 0.348. The normalized spacial score (nSPS) is 30.6. The predicted molar refractivity (Wildman–Crippen MR) is 123 cm³/mol. The van der Waals surface area contributed by atoms with Crippen molar-refractivity contribution >= 4 is 29.2 Å². The van der Waals surface area contributed by atoms with Crippen molar-refractivity contribution in [1.82, 2.24) is 4.90 Å². The van der Waals surface area contributed by atoms with Gasteiger partial charge in [-0.15, -0.1) is 0 Å². The Morgan fingerprint density at radius 3 is 2.26 bits per heavy atom. The Labute approximate surface area is 201 Å². The summed E-state index contributed by atoms with van der Waals surface area (Å²) < 4.78 is 5.27. The number of likely N-dealkylation sites (tertiary alicyclic amines) is 1. The lowest BCUT2D eigenvalue weighted by atomic mass is 10.0. The molecule has 5 atom stereocenters. The van der Waals surface area contributed by atoms with E-state index in [4.69, 9.17) is 22.1 Å². The molecule has 2 amide bonds. The van der Waals surface area contributed by atoms with E-state index in [-0.39, 0.29) is 0 Å². The molecule has 0 aliphatic carbocycles. The summed E-state index contributed by atoms with van der Waals surface area (Å²) in [7, 11) is 0. The SMILES string of the molecule is C/C(Cl)=C/C=C/C=C/C=C/C=C/C(O)=C1\C(=O)[C@H](CC(N)=O)N([C@@H]2OC[C@@H](O)[C@H](O)[C@H]2O)C1=O. The van der Waals surface area contributed by atoms with Gasteiger partial charge in [0.15, 0.2) is 12.0 Å².